The number of carbonyl (C=O) groups is 2. The van der Waals surface area contributed by atoms with E-state index < -0.39 is 17.9 Å². The van der Waals surface area contributed by atoms with Crippen molar-refractivity contribution in [2.75, 3.05) is 0 Å². The number of rotatable bonds is 3. The average Bonchev–Trinajstić information content (AvgIpc) is 2.92. The lowest BCUT2D eigenvalue weighted by Gasteiger charge is -2.09. The van der Waals surface area contributed by atoms with Gasteiger partial charge in [-0.2, -0.15) is 11.3 Å². The molecule has 0 radical (unpaired) electrons. The van der Waals surface area contributed by atoms with Gasteiger partial charge >= 0.3 is 11.9 Å². The van der Waals surface area contributed by atoms with Crippen molar-refractivity contribution in [1.29, 1.82) is 0 Å². The lowest BCUT2D eigenvalue weighted by atomic mass is 10.0. The van der Waals surface area contributed by atoms with E-state index in [9.17, 15) is 9.59 Å². The Balaban J connectivity index is 2.02. The molecule has 4 heteroatoms. The van der Waals surface area contributed by atoms with Crippen molar-refractivity contribution < 1.29 is 14.3 Å². The van der Waals surface area contributed by atoms with Crippen LogP contribution in [-0.4, -0.2) is 11.9 Å². The Morgan fingerprint density at radius 1 is 1.17 bits per heavy atom. The molecule has 92 valence electrons. The lowest BCUT2D eigenvalue weighted by Crippen LogP contribution is -2.17. The molecule has 0 aliphatic heterocycles. The molecule has 2 rings (SSSR count). The fourth-order valence-corrected chi connectivity index (χ4v) is 2.12. The maximum atomic E-state index is 11.8. The Kier molecular flexibility index (Phi) is 3.89. The highest BCUT2D eigenvalue weighted by molar-refractivity contribution is 7.08. The van der Waals surface area contributed by atoms with Crippen LogP contribution in [-0.2, 0) is 9.53 Å². The van der Waals surface area contributed by atoms with E-state index in [-0.39, 0.29) is 0 Å². The molecule has 0 bridgehead atoms. The smallest absolute Gasteiger partial charge is 0.346 e. The second-order valence-electron chi connectivity index (χ2n) is 3.85. The van der Waals surface area contributed by atoms with Crippen molar-refractivity contribution in [3.63, 3.8) is 0 Å². The summed E-state index contributed by atoms with van der Waals surface area (Å²) in [5.74, 6) is -1.57. The SMILES string of the molecule is C[C@H](C(=O)OC(=O)c1ccsc1)c1ccccc1. The summed E-state index contributed by atoms with van der Waals surface area (Å²) in [5, 5.41) is 3.42. The molecule has 3 nitrogen and oxygen atoms in total. The van der Waals surface area contributed by atoms with E-state index in [1.165, 1.54) is 11.3 Å². The van der Waals surface area contributed by atoms with Crippen molar-refractivity contribution >= 4 is 23.3 Å². The second-order valence-corrected chi connectivity index (χ2v) is 4.63. The van der Waals surface area contributed by atoms with Gasteiger partial charge in [0.1, 0.15) is 0 Å². The number of hydrogen-bond donors (Lipinski definition) is 0. The first kappa shape index (κ1) is 12.5. The quantitative estimate of drug-likeness (QED) is 0.628. The predicted molar refractivity (Wildman–Crippen MR) is 69.6 cm³/mol. The van der Waals surface area contributed by atoms with Crippen molar-refractivity contribution in [3.8, 4) is 0 Å². The normalized spacial score (nSPS) is 11.8. The van der Waals surface area contributed by atoms with Gasteiger partial charge in [0.25, 0.3) is 0 Å². The summed E-state index contributed by atoms with van der Waals surface area (Å²) >= 11 is 1.39. The van der Waals surface area contributed by atoms with E-state index in [1.807, 2.05) is 30.3 Å². The van der Waals surface area contributed by atoms with Crippen molar-refractivity contribution in [2.45, 2.75) is 12.8 Å². The molecule has 1 aromatic heterocycles. The standard InChI is InChI=1S/C14H12O3S/c1-10(11-5-3-2-4-6-11)13(15)17-14(16)12-7-8-18-9-12/h2-10H,1H3/t10-/m0/s1. The highest BCUT2D eigenvalue weighted by atomic mass is 32.1. The van der Waals surface area contributed by atoms with Gasteiger partial charge in [0.2, 0.25) is 0 Å². The molecule has 0 amide bonds. The summed E-state index contributed by atoms with van der Waals surface area (Å²) in [6.07, 6.45) is 0. The molecule has 0 saturated carbocycles. The molecule has 0 fully saturated rings. The van der Waals surface area contributed by atoms with Crippen LogP contribution in [0.4, 0.5) is 0 Å². The minimum Gasteiger partial charge on any atom is -0.389 e. The number of hydrogen-bond acceptors (Lipinski definition) is 4. The van der Waals surface area contributed by atoms with Crippen LogP contribution in [0, 0.1) is 0 Å². The molecule has 1 aromatic carbocycles. The van der Waals surface area contributed by atoms with E-state index in [1.54, 1.807) is 23.8 Å². The number of ether oxygens (including phenoxy) is 1. The number of benzene rings is 1. The summed E-state index contributed by atoms with van der Waals surface area (Å²) in [4.78, 5) is 23.4. The van der Waals surface area contributed by atoms with E-state index >= 15 is 0 Å². The Bertz CT molecular complexity index is 531. The molecule has 0 aliphatic rings. The third-order valence-electron chi connectivity index (χ3n) is 2.60. The zero-order chi connectivity index (χ0) is 13.0. The van der Waals surface area contributed by atoms with Gasteiger partial charge in [0.15, 0.2) is 0 Å². The minimum atomic E-state index is -0.593. The van der Waals surface area contributed by atoms with E-state index in [4.69, 9.17) is 4.74 Å². The average molecular weight is 260 g/mol. The maximum absolute atomic E-state index is 11.8. The second kappa shape index (κ2) is 5.60. The zero-order valence-corrected chi connectivity index (χ0v) is 10.6. The van der Waals surface area contributed by atoms with Crippen LogP contribution in [0.3, 0.4) is 0 Å². The highest BCUT2D eigenvalue weighted by Crippen LogP contribution is 2.17. The Morgan fingerprint density at radius 3 is 2.50 bits per heavy atom. The van der Waals surface area contributed by atoms with Crippen LogP contribution in [0.1, 0.15) is 28.8 Å². The molecule has 1 heterocycles. The maximum Gasteiger partial charge on any atom is 0.346 e. The van der Waals surface area contributed by atoms with Crippen LogP contribution in [0.5, 0.6) is 0 Å². The largest absolute Gasteiger partial charge is 0.389 e. The van der Waals surface area contributed by atoms with Crippen LogP contribution in [0.15, 0.2) is 47.2 Å². The van der Waals surface area contributed by atoms with Gasteiger partial charge in [0, 0.05) is 5.38 Å². The highest BCUT2D eigenvalue weighted by Gasteiger charge is 2.20. The van der Waals surface area contributed by atoms with Crippen LogP contribution in [0.25, 0.3) is 0 Å². The summed E-state index contributed by atoms with van der Waals surface area (Å²) in [7, 11) is 0. The lowest BCUT2D eigenvalue weighted by molar-refractivity contribution is -0.139. The first-order chi connectivity index (χ1) is 8.68. The molecule has 0 spiro atoms. The molecule has 2 aromatic rings. The molecule has 0 aliphatic carbocycles. The Labute approximate surface area is 109 Å². The molecular weight excluding hydrogens is 248 g/mol. The van der Waals surface area contributed by atoms with Gasteiger partial charge in [-0.15, -0.1) is 0 Å². The van der Waals surface area contributed by atoms with Crippen LogP contribution in [0.2, 0.25) is 0 Å². The third kappa shape index (κ3) is 2.84. The third-order valence-corrected chi connectivity index (χ3v) is 3.29. The predicted octanol–water partition coefficient (Wildman–Crippen LogP) is 3.24. The van der Waals surface area contributed by atoms with Gasteiger partial charge in [-0.3, -0.25) is 4.79 Å². The summed E-state index contributed by atoms with van der Waals surface area (Å²) < 4.78 is 4.84. The molecule has 0 unspecified atom stereocenters. The topological polar surface area (TPSA) is 43.4 Å². The fraction of sp³-hybridized carbons (Fsp3) is 0.143. The molecule has 0 saturated heterocycles. The van der Waals surface area contributed by atoms with Gasteiger partial charge in [0.05, 0.1) is 11.5 Å². The first-order valence-electron chi connectivity index (χ1n) is 5.51. The first-order valence-corrected chi connectivity index (χ1v) is 6.46. The minimum absolute atomic E-state index is 0.411. The number of thiophene rings is 1. The van der Waals surface area contributed by atoms with Crippen molar-refractivity contribution in [2.24, 2.45) is 0 Å². The van der Waals surface area contributed by atoms with Crippen molar-refractivity contribution in [1.82, 2.24) is 0 Å². The monoisotopic (exact) mass is 260 g/mol. The number of esters is 2. The van der Waals surface area contributed by atoms with E-state index in [0.29, 0.717) is 5.56 Å². The Hall–Kier alpha value is -1.94. The van der Waals surface area contributed by atoms with Crippen LogP contribution >= 0.6 is 11.3 Å². The Morgan fingerprint density at radius 2 is 1.89 bits per heavy atom. The van der Waals surface area contributed by atoms with Gasteiger partial charge < -0.3 is 4.74 Å². The summed E-state index contributed by atoms with van der Waals surface area (Å²) in [5.41, 5.74) is 1.24. The fourth-order valence-electron chi connectivity index (χ4n) is 1.50. The molecule has 18 heavy (non-hydrogen) atoms. The zero-order valence-electron chi connectivity index (χ0n) is 9.83. The van der Waals surface area contributed by atoms with Gasteiger partial charge in [-0.1, -0.05) is 30.3 Å². The summed E-state index contributed by atoms with van der Waals surface area (Å²) in [6.45, 7) is 1.72. The van der Waals surface area contributed by atoms with Gasteiger partial charge in [-0.05, 0) is 23.9 Å². The van der Waals surface area contributed by atoms with E-state index in [0.717, 1.165) is 5.56 Å². The van der Waals surface area contributed by atoms with E-state index in [2.05, 4.69) is 0 Å². The summed E-state index contributed by atoms with van der Waals surface area (Å²) in [6, 6.07) is 10.9. The van der Waals surface area contributed by atoms with Crippen molar-refractivity contribution in [3.05, 3.63) is 58.3 Å². The number of carbonyl (C=O) groups excluding carboxylic acids is 2. The molecule has 0 N–H and O–H groups in total. The molecule has 1 atom stereocenters. The molecular formula is C14H12O3S. The van der Waals surface area contributed by atoms with Crippen LogP contribution < -0.4 is 0 Å². The van der Waals surface area contributed by atoms with Gasteiger partial charge in [-0.25, -0.2) is 4.79 Å².